The molecule has 1 aliphatic carbocycles. The molecule has 1 aromatic rings. The van der Waals surface area contributed by atoms with Gasteiger partial charge in [-0.1, -0.05) is 24.6 Å². The Hall–Kier alpha value is -1.88. The summed E-state index contributed by atoms with van der Waals surface area (Å²) in [5.74, 6) is -0.523. The highest BCUT2D eigenvalue weighted by molar-refractivity contribution is 6.31. The van der Waals surface area contributed by atoms with Gasteiger partial charge in [0, 0.05) is 17.6 Å². The highest BCUT2D eigenvalue weighted by atomic mass is 35.5. The number of likely N-dealkylation sites (tertiary alicyclic amines) is 1. The summed E-state index contributed by atoms with van der Waals surface area (Å²) < 4.78 is 0. The fraction of sp³-hybridized carbons (Fsp3) is 0.526. The minimum atomic E-state index is -0.233. The SMILES string of the molecule is CC(=O)N(CN1C(=O)[C@H]2C[C@@H](C)CC[C@H]2C1=O)c1ccc(C)c(Cl)c1. The van der Waals surface area contributed by atoms with E-state index in [0.29, 0.717) is 16.6 Å². The summed E-state index contributed by atoms with van der Waals surface area (Å²) in [6, 6.07) is 5.30. The lowest BCUT2D eigenvalue weighted by molar-refractivity contribution is -0.140. The molecule has 1 aliphatic heterocycles. The van der Waals surface area contributed by atoms with E-state index in [4.69, 9.17) is 11.6 Å². The van der Waals surface area contributed by atoms with Gasteiger partial charge in [0.25, 0.3) is 0 Å². The van der Waals surface area contributed by atoms with Crippen LogP contribution in [-0.2, 0) is 14.4 Å². The number of rotatable bonds is 3. The number of imide groups is 1. The summed E-state index contributed by atoms with van der Waals surface area (Å²) in [6.45, 7) is 5.37. The van der Waals surface area contributed by atoms with E-state index in [1.54, 1.807) is 12.1 Å². The summed E-state index contributed by atoms with van der Waals surface area (Å²) in [5, 5.41) is 0.547. The van der Waals surface area contributed by atoms with Crippen LogP contribution in [0.5, 0.6) is 0 Å². The van der Waals surface area contributed by atoms with Gasteiger partial charge in [-0.15, -0.1) is 0 Å². The van der Waals surface area contributed by atoms with Crippen molar-refractivity contribution < 1.29 is 14.4 Å². The standard InChI is InChI=1S/C19H23ClN2O3/c1-11-4-7-15-16(8-11)19(25)22(18(15)24)10-21(13(3)23)14-6-5-12(2)17(20)9-14/h5-6,9,11,15-16H,4,7-8,10H2,1-3H3/t11-,15+,16-/m0/s1. The maximum atomic E-state index is 12.7. The molecule has 1 saturated carbocycles. The van der Waals surface area contributed by atoms with Gasteiger partial charge in [0.2, 0.25) is 17.7 Å². The second-order valence-electron chi connectivity index (χ2n) is 7.26. The molecule has 3 atom stereocenters. The summed E-state index contributed by atoms with van der Waals surface area (Å²) in [7, 11) is 0. The predicted molar refractivity (Wildman–Crippen MR) is 96.1 cm³/mol. The van der Waals surface area contributed by atoms with E-state index >= 15 is 0 Å². The molecule has 1 saturated heterocycles. The highest BCUT2D eigenvalue weighted by Crippen LogP contribution is 2.40. The lowest BCUT2D eigenvalue weighted by Gasteiger charge is -2.26. The smallest absolute Gasteiger partial charge is 0.234 e. The van der Waals surface area contributed by atoms with E-state index in [0.717, 1.165) is 24.8 Å². The number of hydrogen-bond donors (Lipinski definition) is 0. The molecule has 2 aliphatic rings. The molecule has 0 spiro atoms. The molecule has 25 heavy (non-hydrogen) atoms. The molecule has 0 N–H and O–H groups in total. The van der Waals surface area contributed by atoms with Crippen molar-refractivity contribution in [3.8, 4) is 0 Å². The Morgan fingerprint density at radius 3 is 2.56 bits per heavy atom. The maximum Gasteiger partial charge on any atom is 0.234 e. The van der Waals surface area contributed by atoms with E-state index in [-0.39, 0.29) is 36.2 Å². The minimum Gasteiger partial charge on any atom is -0.294 e. The van der Waals surface area contributed by atoms with Crippen LogP contribution in [-0.4, -0.2) is 29.3 Å². The molecule has 0 unspecified atom stereocenters. The van der Waals surface area contributed by atoms with Gasteiger partial charge in [-0.25, -0.2) is 0 Å². The number of hydrogen-bond acceptors (Lipinski definition) is 3. The van der Waals surface area contributed by atoms with Crippen LogP contribution in [0, 0.1) is 24.7 Å². The van der Waals surface area contributed by atoms with Crippen LogP contribution in [0.15, 0.2) is 18.2 Å². The molecule has 6 heteroatoms. The van der Waals surface area contributed by atoms with Gasteiger partial charge >= 0.3 is 0 Å². The number of fused-ring (bicyclic) bond motifs is 1. The minimum absolute atomic E-state index is 0.0478. The molecule has 0 bridgehead atoms. The Kier molecular flexibility index (Phi) is 4.87. The fourth-order valence-electron chi connectivity index (χ4n) is 3.85. The zero-order chi connectivity index (χ0) is 18.3. The largest absolute Gasteiger partial charge is 0.294 e. The Bertz CT molecular complexity index is 733. The van der Waals surface area contributed by atoms with E-state index < -0.39 is 0 Å². The predicted octanol–water partition coefficient (Wildman–Crippen LogP) is 3.38. The van der Waals surface area contributed by atoms with Crippen molar-refractivity contribution >= 4 is 35.0 Å². The summed E-state index contributed by atoms with van der Waals surface area (Å²) >= 11 is 6.17. The molecule has 3 rings (SSSR count). The van der Waals surface area contributed by atoms with Gasteiger partial charge in [0.05, 0.1) is 11.8 Å². The average molecular weight is 363 g/mol. The van der Waals surface area contributed by atoms with Crippen LogP contribution in [0.4, 0.5) is 5.69 Å². The van der Waals surface area contributed by atoms with Gasteiger partial charge in [0.1, 0.15) is 6.67 Å². The third kappa shape index (κ3) is 3.30. The number of amides is 3. The van der Waals surface area contributed by atoms with Crippen LogP contribution in [0.25, 0.3) is 0 Å². The molecule has 2 fully saturated rings. The Balaban J connectivity index is 1.85. The summed E-state index contributed by atoms with van der Waals surface area (Å²) in [5.41, 5.74) is 1.49. The lowest BCUT2D eigenvalue weighted by Crippen LogP contribution is -2.44. The molecular formula is C19H23ClN2O3. The van der Waals surface area contributed by atoms with Gasteiger partial charge in [0.15, 0.2) is 0 Å². The number of nitrogens with zero attached hydrogens (tertiary/aromatic N) is 2. The number of carbonyl (C=O) groups excluding carboxylic acids is 3. The van der Waals surface area contributed by atoms with Crippen molar-refractivity contribution in [2.75, 3.05) is 11.6 Å². The van der Waals surface area contributed by atoms with Gasteiger partial charge in [-0.05, 0) is 49.8 Å². The molecule has 0 radical (unpaired) electrons. The highest BCUT2D eigenvalue weighted by Gasteiger charge is 2.49. The van der Waals surface area contributed by atoms with Gasteiger partial charge < -0.3 is 0 Å². The van der Waals surface area contributed by atoms with Crippen LogP contribution in [0.3, 0.4) is 0 Å². The van der Waals surface area contributed by atoms with E-state index in [9.17, 15) is 14.4 Å². The van der Waals surface area contributed by atoms with Crippen LogP contribution >= 0.6 is 11.6 Å². The Labute approximate surface area is 152 Å². The van der Waals surface area contributed by atoms with Crippen molar-refractivity contribution in [1.82, 2.24) is 4.90 Å². The number of aryl methyl sites for hydroxylation is 1. The topological polar surface area (TPSA) is 57.7 Å². The first kappa shape index (κ1) is 17.9. The first-order valence-corrected chi connectivity index (χ1v) is 9.07. The monoisotopic (exact) mass is 362 g/mol. The van der Waals surface area contributed by atoms with Crippen molar-refractivity contribution in [2.45, 2.75) is 40.0 Å². The van der Waals surface area contributed by atoms with Gasteiger partial charge in [-0.2, -0.15) is 0 Å². The average Bonchev–Trinajstić information content (AvgIpc) is 2.79. The second-order valence-corrected chi connectivity index (χ2v) is 7.66. The molecule has 3 amide bonds. The van der Waals surface area contributed by atoms with Crippen LogP contribution in [0.2, 0.25) is 5.02 Å². The zero-order valence-corrected chi connectivity index (χ0v) is 15.5. The maximum absolute atomic E-state index is 12.7. The van der Waals surface area contributed by atoms with E-state index in [1.807, 2.05) is 13.0 Å². The zero-order valence-electron chi connectivity index (χ0n) is 14.8. The lowest BCUT2D eigenvalue weighted by atomic mass is 9.76. The molecular weight excluding hydrogens is 340 g/mol. The first-order chi connectivity index (χ1) is 11.8. The summed E-state index contributed by atoms with van der Waals surface area (Å²) in [6.07, 6.45) is 2.48. The number of benzene rings is 1. The third-order valence-electron chi connectivity index (χ3n) is 5.41. The molecule has 1 heterocycles. The third-order valence-corrected chi connectivity index (χ3v) is 5.82. The van der Waals surface area contributed by atoms with Crippen molar-refractivity contribution in [3.63, 3.8) is 0 Å². The molecule has 5 nitrogen and oxygen atoms in total. The van der Waals surface area contributed by atoms with Crippen LogP contribution in [0.1, 0.15) is 38.7 Å². The normalized spacial score (nSPS) is 25.9. The first-order valence-electron chi connectivity index (χ1n) is 8.69. The number of anilines is 1. The molecule has 0 aromatic heterocycles. The van der Waals surface area contributed by atoms with Crippen molar-refractivity contribution in [2.24, 2.45) is 17.8 Å². The van der Waals surface area contributed by atoms with E-state index in [1.165, 1.54) is 16.7 Å². The Morgan fingerprint density at radius 1 is 1.24 bits per heavy atom. The molecule has 1 aromatic carbocycles. The Morgan fingerprint density at radius 2 is 1.92 bits per heavy atom. The number of halogens is 1. The summed E-state index contributed by atoms with van der Waals surface area (Å²) in [4.78, 5) is 40.3. The van der Waals surface area contributed by atoms with Crippen LogP contribution < -0.4 is 4.90 Å². The van der Waals surface area contributed by atoms with Gasteiger partial charge in [-0.3, -0.25) is 24.2 Å². The fourth-order valence-corrected chi connectivity index (χ4v) is 4.03. The molecule has 134 valence electrons. The van der Waals surface area contributed by atoms with Crippen molar-refractivity contribution in [3.05, 3.63) is 28.8 Å². The van der Waals surface area contributed by atoms with E-state index in [2.05, 4.69) is 6.92 Å². The second kappa shape index (κ2) is 6.79. The number of carbonyl (C=O) groups is 3. The quantitative estimate of drug-likeness (QED) is 0.774. The van der Waals surface area contributed by atoms with Crippen molar-refractivity contribution in [1.29, 1.82) is 0 Å².